The highest BCUT2D eigenvalue weighted by molar-refractivity contribution is 5.01. The SMILES string of the molecule is CC1C[C@@]2(C)CC[C@@](CO)(C1)O2. The summed E-state index contributed by atoms with van der Waals surface area (Å²) in [7, 11) is 0. The highest BCUT2D eigenvalue weighted by atomic mass is 16.5. The van der Waals surface area contributed by atoms with Crippen molar-refractivity contribution in [3.05, 3.63) is 0 Å². The molecule has 1 N–H and O–H groups in total. The van der Waals surface area contributed by atoms with Gasteiger partial charge in [-0.25, -0.2) is 0 Å². The van der Waals surface area contributed by atoms with Crippen molar-refractivity contribution in [1.82, 2.24) is 0 Å². The van der Waals surface area contributed by atoms with E-state index in [1.807, 2.05) is 0 Å². The number of ether oxygens (including phenoxy) is 1. The predicted molar refractivity (Wildman–Crippen MR) is 46.9 cm³/mol. The Morgan fingerprint density at radius 2 is 2.17 bits per heavy atom. The van der Waals surface area contributed by atoms with Gasteiger partial charge in [0.15, 0.2) is 0 Å². The van der Waals surface area contributed by atoms with Crippen molar-refractivity contribution in [2.75, 3.05) is 6.61 Å². The Labute approximate surface area is 73.9 Å². The minimum atomic E-state index is -0.174. The summed E-state index contributed by atoms with van der Waals surface area (Å²) in [6, 6.07) is 0. The number of aliphatic hydroxyl groups excluding tert-OH is 1. The van der Waals surface area contributed by atoms with Crippen LogP contribution in [0.15, 0.2) is 0 Å². The highest BCUT2D eigenvalue weighted by Crippen LogP contribution is 2.49. The molecular weight excluding hydrogens is 152 g/mol. The fraction of sp³-hybridized carbons (Fsp3) is 1.00. The summed E-state index contributed by atoms with van der Waals surface area (Å²) >= 11 is 0. The number of rotatable bonds is 1. The molecule has 1 unspecified atom stereocenters. The second-order valence-corrected chi connectivity index (χ2v) is 4.91. The molecule has 2 aliphatic rings. The van der Waals surface area contributed by atoms with E-state index in [-0.39, 0.29) is 17.8 Å². The Balaban J connectivity index is 2.20. The van der Waals surface area contributed by atoms with E-state index in [1.54, 1.807) is 0 Å². The number of hydrogen-bond acceptors (Lipinski definition) is 2. The third-order valence-corrected chi connectivity index (χ3v) is 3.36. The van der Waals surface area contributed by atoms with E-state index in [0.717, 1.165) is 25.7 Å². The van der Waals surface area contributed by atoms with Gasteiger partial charge >= 0.3 is 0 Å². The van der Waals surface area contributed by atoms with Crippen LogP contribution in [0.1, 0.15) is 39.5 Å². The zero-order valence-electron chi connectivity index (χ0n) is 7.97. The molecule has 2 saturated heterocycles. The average molecular weight is 170 g/mol. The van der Waals surface area contributed by atoms with Crippen LogP contribution in [0, 0.1) is 5.92 Å². The molecular formula is C10H18O2. The van der Waals surface area contributed by atoms with Crippen LogP contribution < -0.4 is 0 Å². The molecule has 2 nitrogen and oxygen atoms in total. The molecule has 70 valence electrons. The summed E-state index contributed by atoms with van der Waals surface area (Å²) < 4.78 is 5.94. The van der Waals surface area contributed by atoms with Gasteiger partial charge in [-0.2, -0.15) is 0 Å². The van der Waals surface area contributed by atoms with Gasteiger partial charge in [-0.15, -0.1) is 0 Å². The van der Waals surface area contributed by atoms with E-state index in [0.29, 0.717) is 5.92 Å². The zero-order valence-corrected chi connectivity index (χ0v) is 7.97. The normalized spacial score (nSPS) is 52.8. The van der Waals surface area contributed by atoms with Crippen LogP contribution in [0.25, 0.3) is 0 Å². The summed E-state index contributed by atoms with van der Waals surface area (Å²) in [5.41, 5.74) is -0.104. The van der Waals surface area contributed by atoms with Gasteiger partial charge in [0.2, 0.25) is 0 Å². The summed E-state index contributed by atoms with van der Waals surface area (Å²) in [6.45, 7) is 4.64. The molecule has 0 saturated carbocycles. The van der Waals surface area contributed by atoms with E-state index in [1.165, 1.54) is 0 Å². The Bertz CT molecular complexity index is 192. The molecule has 0 aromatic carbocycles. The van der Waals surface area contributed by atoms with E-state index in [9.17, 15) is 5.11 Å². The van der Waals surface area contributed by atoms with Crippen LogP contribution in [0.2, 0.25) is 0 Å². The maximum atomic E-state index is 9.28. The van der Waals surface area contributed by atoms with Crippen molar-refractivity contribution in [1.29, 1.82) is 0 Å². The van der Waals surface area contributed by atoms with Gasteiger partial charge < -0.3 is 9.84 Å². The first-order chi connectivity index (χ1) is 5.58. The van der Waals surface area contributed by atoms with E-state index in [4.69, 9.17) is 4.74 Å². The van der Waals surface area contributed by atoms with Gasteiger partial charge in [-0.05, 0) is 38.5 Å². The Morgan fingerprint density at radius 1 is 1.42 bits per heavy atom. The summed E-state index contributed by atoms with van der Waals surface area (Å²) in [6.07, 6.45) is 4.37. The molecule has 0 spiro atoms. The predicted octanol–water partition coefficient (Wildman–Crippen LogP) is 1.72. The minimum absolute atomic E-state index is 0.0698. The number of hydrogen-bond donors (Lipinski definition) is 1. The maximum Gasteiger partial charge on any atom is 0.0923 e. The third kappa shape index (κ3) is 1.17. The minimum Gasteiger partial charge on any atom is -0.393 e. The number of aliphatic hydroxyl groups is 1. The van der Waals surface area contributed by atoms with Crippen molar-refractivity contribution in [3.8, 4) is 0 Å². The quantitative estimate of drug-likeness (QED) is 0.649. The molecule has 0 aromatic heterocycles. The summed E-state index contributed by atoms with van der Waals surface area (Å²) in [5, 5.41) is 9.28. The van der Waals surface area contributed by atoms with Crippen LogP contribution in [0.4, 0.5) is 0 Å². The first kappa shape index (κ1) is 8.52. The fourth-order valence-electron chi connectivity index (χ4n) is 3.02. The van der Waals surface area contributed by atoms with Crippen molar-refractivity contribution in [2.24, 2.45) is 5.92 Å². The van der Waals surface area contributed by atoms with Gasteiger partial charge in [-0.1, -0.05) is 6.92 Å². The highest BCUT2D eigenvalue weighted by Gasteiger charge is 2.51. The van der Waals surface area contributed by atoms with Crippen molar-refractivity contribution < 1.29 is 9.84 Å². The molecule has 0 amide bonds. The second kappa shape index (κ2) is 2.46. The fourth-order valence-corrected chi connectivity index (χ4v) is 3.02. The molecule has 3 atom stereocenters. The van der Waals surface area contributed by atoms with E-state index < -0.39 is 0 Å². The lowest BCUT2D eigenvalue weighted by Gasteiger charge is -2.40. The van der Waals surface area contributed by atoms with Crippen molar-refractivity contribution in [3.63, 3.8) is 0 Å². The van der Waals surface area contributed by atoms with Crippen LogP contribution >= 0.6 is 0 Å². The number of fused-ring (bicyclic) bond motifs is 2. The summed E-state index contributed by atoms with van der Waals surface area (Å²) in [4.78, 5) is 0. The monoisotopic (exact) mass is 170 g/mol. The molecule has 2 heteroatoms. The largest absolute Gasteiger partial charge is 0.393 e. The molecule has 2 bridgehead atoms. The molecule has 0 aromatic rings. The van der Waals surface area contributed by atoms with E-state index in [2.05, 4.69) is 13.8 Å². The molecule has 2 fully saturated rings. The average Bonchev–Trinajstić information content (AvgIpc) is 2.23. The van der Waals surface area contributed by atoms with E-state index >= 15 is 0 Å². The van der Waals surface area contributed by atoms with Gasteiger partial charge in [0.25, 0.3) is 0 Å². The van der Waals surface area contributed by atoms with Gasteiger partial charge in [0.1, 0.15) is 0 Å². The van der Waals surface area contributed by atoms with Crippen LogP contribution in [-0.4, -0.2) is 22.9 Å². The first-order valence-corrected chi connectivity index (χ1v) is 4.89. The third-order valence-electron chi connectivity index (χ3n) is 3.36. The lowest BCUT2D eigenvalue weighted by atomic mass is 9.86. The maximum absolute atomic E-state index is 9.28. The lowest BCUT2D eigenvalue weighted by Crippen LogP contribution is -2.44. The Morgan fingerprint density at radius 3 is 2.83 bits per heavy atom. The standard InChI is InChI=1S/C10H18O2/c1-8-5-9(2)3-4-10(6-8,7-11)12-9/h8,11H,3-7H2,1-2H3/t8?,9-,10+/m1/s1. The van der Waals surface area contributed by atoms with Crippen LogP contribution in [0.3, 0.4) is 0 Å². The Hall–Kier alpha value is -0.0800. The zero-order chi connectivity index (χ0) is 8.82. The van der Waals surface area contributed by atoms with Gasteiger partial charge in [-0.3, -0.25) is 0 Å². The molecule has 12 heavy (non-hydrogen) atoms. The van der Waals surface area contributed by atoms with Crippen molar-refractivity contribution >= 4 is 0 Å². The van der Waals surface area contributed by atoms with Gasteiger partial charge in [0.05, 0.1) is 17.8 Å². The molecule has 0 aliphatic carbocycles. The second-order valence-electron chi connectivity index (χ2n) is 4.91. The molecule has 2 heterocycles. The molecule has 2 aliphatic heterocycles. The lowest BCUT2D eigenvalue weighted by molar-refractivity contribution is -0.162. The van der Waals surface area contributed by atoms with Crippen molar-refractivity contribution in [2.45, 2.75) is 50.7 Å². The smallest absolute Gasteiger partial charge is 0.0923 e. The molecule has 0 radical (unpaired) electrons. The van der Waals surface area contributed by atoms with Crippen LogP contribution in [-0.2, 0) is 4.74 Å². The Kier molecular flexibility index (Phi) is 1.74. The summed E-state index contributed by atoms with van der Waals surface area (Å²) in [5.74, 6) is 0.707. The topological polar surface area (TPSA) is 29.5 Å². The van der Waals surface area contributed by atoms with Gasteiger partial charge in [0, 0.05) is 0 Å². The van der Waals surface area contributed by atoms with Crippen LogP contribution in [0.5, 0.6) is 0 Å². The molecule has 2 rings (SSSR count). The first-order valence-electron chi connectivity index (χ1n) is 4.89.